The highest BCUT2D eigenvalue weighted by Gasteiger charge is 2.09. The van der Waals surface area contributed by atoms with Gasteiger partial charge in [0, 0.05) is 12.0 Å². The molecule has 23 heavy (non-hydrogen) atoms. The van der Waals surface area contributed by atoms with Gasteiger partial charge in [0.05, 0.1) is 19.3 Å². The molecule has 0 aromatic heterocycles. The van der Waals surface area contributed by atoms with Crippen molar-refractivity contribution >= 4 is 11.9 Å². The first-order valence-corrected chi connectivity index (χ1v) is 6.94. The lowest BCUT2D eigenvalue weighted by atomic mass is 10.1. The Morgan fingerprint density at radius 2 is 1.87 bits per heavy atom. The Balaban J connectivity index is 2.06. The van der Waals surface area contributed by atoms with Crippen LogP contribution < -0.4 is 15.2 Å². The zero-order chi connectivity index (χ0) is 16.8. The highest BCUT2D eigenvalue weighted by molar-refractivity contribution is 5.93. The standard InChI is InChI=1S/C17H17NO5/c1-22-14-6-5-12(16(18)19)10-15(14)23-8-7-11-3-2-4-13(9-11)17(20)21/h2-6,9-10H,7-8H2,1H3,(H2,18,19)(H,20,21). The molecule has 0 bridgehead atoms. The van der Waals surface area contributed by atoms with Crippen molar-refractivity contribution in [1.82, 2.24) is 0 Å². The summed E-state index contributed by atoms with van der Waals surface area (Å²) in [6.45, 7) is 0.307. The summed E-state index contributed by atoms with van der Waals surface area (Å²) in [6.07, 6.45) is 0.519. The van der Waals surface area contributed by atoms with Crippen molar-refractivity contribution in [3.05, 3.63) is 59.2 Å². The number of hydrogen-bond acceptors (Lipinski definition) is 4. The number of carboxylic acid groups (broad SMARTS) is 1. The van der Waals surface area contributed by atoms with Crippen molar-refractivity contribution in [2.45, 2.75) is 6.42 Å². The van der Waals surface area contributed by atoms with E-state index in [0.717, 1.165) is 5.56 Å². The molecule has 0 unspecified atom stereocenters. The maximum absolute atomic E-state index is 11.2. The van der Waals surface area contributed by atoms with E-state index in [1.54, 1.807) is 24.3 Å². The maximum Gasteiger partial charge on any atom is 0.335 e. The van der Waals surface area contributed by atoms with E-state index in [4.69, 9.17) is 20.3 Å². The highest BCUT2D eigenvalue weighted by atomic mass is 16.5. The van der Waals surface area contributed by atoms with E-state index in [0.29, 0.717) is 30.1 Å². The summed E-state index contributed by atoms with van der Waals surface area (Å²) >= 11 is 0. The Kier molecular flexibility index (Phi) is 5.19. The molecule has 0 heterocycles. The number of benzene rings is 2. The Labute approximate surface area is 133 Å². The van der Waals surface area contributed by atoms with Gasteiger partial charge in [-0.25, -0.2) is 4.79 Å². The molecule has 0 radical (unpaired) electrons. The first-order chi connectivity index (χ1) is 11.0. The maximum atomic E-state index is 11.2. The fourth-order valence-electron chi connectivity index (χ4n) is 2.08. The van der Waals surface area contributed by atoms with Gasteiger partial charge in [0.15, 0.2) is 11.5 Å². The molecule has 0 aliphatic carbocycles. The molecular formula is C17H17NO5. The quantitative estimate of drug-likeness (QED) is 0.815. The molecule has 0 fully saturated rings. The molecule has 0 saturated carbocycles. The van der Waals surface area contributed by atoms with Gasteiger partial charge in [-0.2, -0.15) is 0 Å². The van der Waals surface area contributed by atoms with E-state index in [9.17, 15) is 9.59 Å². The molecule has 0 saturated heterocycles. The van der Waals surface area contributed by atoms with Crippen molar-refractivity contribution in [3.63, 3.8) is 0 Å². The van der Waals surface area contributed by atoms with Gasteiger partial charge in [-0.3, -0.25) is 4.79 Å². The van der Waals surface area contributed by atoms with Gasteiger partial charge in [0.2, 0.25) is 5.91 Å². The molecule has 2 aromatic carbocycles. The van der Waals surface area contributed by atoms with Crippen LogP contribution in [0.4, 0.5) is 0 Å². The van der Waals surface area contributed by atoms with Crippen LogP contribution >= 0.6 is 0 Å². The predicted octanol–water partition coefficient (Wildman–Crippen LogP) is 2.11. The molecule has 6 nitrogen and oxygen atoms in total. The number of primary amides is 1. The van der Waals surface area contributed by atoms with Gasteiger partial charge < -0.3 is 20.3 Å². The number of carbonyl (C=O) groups excluding carboxylic acids is 1. The van der Waals surface area contributed by atoms with Crippen LogP contribution in [-0.4, -0.2) is 30.7 Å². The van der Waals surface area contributed by atoms with Crippen molar-refractivity contribution < 1.29 is 24.2 Å². The zero-order valence-electron chi connectivity index (χ0n) is 12.6. The van der Waals surface area contributed by atoms with E-state index in [-0.39, 0.29) is 5.56 Å². The van der Waals surface area contributed by atoms with Crippen molar-refractivity contribution in [2.75, 3.05) is 13.7 Å². The van der Waals surface area contributed by atoms with E-state index in [1.807, 2.05) is 6.07 Å². The highest BCUT2D eigenvalue weighted by Crippen LogP contribution is 2.28. The van der Waals surface area contributed by atoms with E-state index >= 15 is 0 Å². The summed E-state index contributed by atoms with van der Waals surface area (Å²) in [7, 11) is 1.50. The molecule has 0 spiro atoms. The van der Waals surface area contributed by atoms with E-state index < -0.39 is 11.9 Å². The second kappa shape index (κ2) is 7.31. The van der Waals surface area contributed by atoms with Crippen LogP contribution in [0.15, 0.2) is 42.5 Å². The lowest BCUT2D eigenvalue weighted by molar-refractivity contribution is 0.0696. The number of rotatable bonds is 7. The molecule has 0 aliphatic rings. The van der Waals surface area contributed by atoms with Gasteiger partial charge in [0.25, 0.3) is 0 Å². The minimum atomic E-state index is -0.969. The number of methoxy groups -OCH3 is 1. The van der Waals surface area contributed by atoms with Crippen LogP contribution in [0.1, 0.15) is 26.3 Å². The molecule has 3 N–H and O–H groups in total. The minimum Gasteiger partial charge on any atom is -0.493 e. The Morgan fingerprint density at radius 3 is 2.52 bits per heavy atom. The molecule has 120 valence electrons. The third-order valence-electron chi connectivity index (χ3n) is 3.27. The Bertz CT molecular complexity index is 727. The first kappa shape index (κ1) is 16.4. The fraction of sp³-hybridized carbons (Fsp3) is 0.176. The minimum absolute atomic E-state index is 0.232. The average molecular weight is 315 g/mol. The van der Waals surface area contributed by atoms with Crippen LogP contribution in [0, 0.1) is 0 Å². The number of aromatic carboxylic acids is 1. The van der Waals surface area contributed by atoms with Gasteiger partial charge >= 0.3 is 5.97 Å². The number of carboxylic acids is 1. The SMILES string of the molecule is COc1ccc(C(N)=O)cc1OCCc1cccc(C(=O)O)c1. The second-order valence-corrected chi connectivity index (χ2v) is 4.83. The normalized spacial score (nSPS) is 10.1. The lowest BCUT2D eigenvalue weighted by Crippen LogP contribution is -2.11. The van der Waals surface area contributed by atoms with Crippen molar-refractivity contribution in [2.24, 2.45) is 5.73 Å². The van der Waals surface area contributed by atoms with Crippen LogP contribution in [0.5, 0.6) is 11.5 Å². The van der Waals surface area contributed by atoms with E-state index in [1.165, 1.54) is 19.2 Å². The van der Waals surface area contributed by atoms with Crippen LogP contribution in [0.2, 0.25) is 0 Å². The number of nitrogens with two attached hydrogens (primary N) is 1. The van der Waals surface area contributed by atoms with Gasteiger partial charge in [-0.1, -0.05) is 12.1 Å². The number of amides is 1. The molecule has 0 aliphatic heterocycles. The number of hydrogen-bond donors (Lipinski definition) is 2. The third-order valence-corrected chi connectivity index (χ3v) is 3.27. The van der Waals surface area contributed by atoms with Crippen molar-refractivity contribution in [1.29, 1.82) is 0 Å². The smallest absolute Gasteiger partial charge is 0.335 e. The average Bonchev–Trinajstić information content (AvgIpc) is 2.55. The summed E-state index contributed by atoms with van der Waals surface area (Å²) in [5.74, 6) is -0.609. The predicted molar refractivity (Wildman–Crippen MR) is 84.1 cm³/mol. The topological polar surface area (TPSA) is 98.9 Å². The van der Waals surface area contributed by atoms with Crippen LogP contribution in [0.25, 0.3) is 0 Å². The Hall–Kier alpha value is -3.02. The second-order valence-electron chi connectivity index (χ2n) is 4.83. The number of ether oxygens (including phenoxy) is 2. The largest absolute Gasteiger partial charge is 0.493 e. The fourth-order valence-corrected chi connectivity index (χ4v) is 2.08. The summed E-state index contributed by atoms with van der Waals surface area (Å²) in [5, 5.41) is 8.97. The molecule has 2 rings (SSSR count). The van der Waals surface area contributed by atoms with Crippen LogP contribution in [-0.2, 0) is 6.42 Å². The summed E-state index contributed by atoms with van der Waals surface area (Å²) in [6, 6.07) is 11.3. The molecule has 2 aromatic rings. The van der Waals surface area contributed by atoms with Gasteiger partial charge in [-0.05, 0) is 35.9 Å². The molecule has 6 heteroatoms. The Morgan fingerprint density at radius 1 is 1.09 bits per heavy atom. The van der Waals surface area contributed by atoms with E-state index in [2.05, 4.69) is 0 Å². The summed E-state index contributed by atoms with van der Waals surface area (Å²) in [5.41, 5.74) is 6.65. The first-order valence-electron chi connectivity index (χ1n) is 6.94. The zero-order valence-corrected chi connectivity index (χ0v) is 12.6. The summed E-state index contributed by atoms with van der Waals surface area (Å²) in [4.78, 5) is 22.2. The monoisotopic (exact) mass is 315 g/mol. The van der Waals surface area contributed by atoms with Gasteiger partial charge in [0.1, 0.15) is 0 Å². The molecule has 1 amide bonds. The van der Waals surface area contributed by atoms with Gasteiger partial charge in [-0.15, -0.1) is 0 Å². The summed E-state index contributed by atoms with van der Waals surface area (Å²) < 4.78 is 10.8. The number of carbonyl (C=O) groups is 2. The lowest BCUT2D eigenvalue weighted by Gasteiger charge is -2.11. The van der Waals surface area contributed by atoms with Crippen molar-refractivity contribution in [3.8, 4) is 11.5 Å². The molecule has 0 atom stereocenters. The third kappa shape index (κ3) is 4.23. The molecular weight excluding hydrogens is 298 g/mol. The van der Waals surface area contributed by atoms with Crippen LogP contribution in [0.3, 0.4) is 0 Å².